The third kappa shape index (κ3) is 2.45. The molecule has 3 rings (SSSR count). The van der Waals surface area contributed by atoms with Gasteiger partial charge in [-0.25, -0.2) is 0 Å². The topological polar surface area (TPSA) is 72.3 Å². The maximum absolute atomic E-state index is 11.3. The molecule has 2 aliphatic rings. The van der Waals surface area contributed by atoms with Crippen LogP contribution >= 0.6 is 0 Å². The van der Waals surface area contributed by atoms with Crippen LogP contribution in [-0.4, -0.2) is 36.0 Å². The summed E-state index contributed by atoms with van der Waals surface area (Å²) in [5, 5.41) is 0. The molecule has 1 unspecified atom stereocenters. The predicted molar refractivity (Wildman–Crippen MR) is 79.5 cm³/mol. The number of fused-ring (bicyclic) bond motifs is 2. The number of nitrogens with two attached hydrogens (primary N) is 2. The van der Waals surface area contributed by atoms with E-state index in [0.29, 0.717) is 23.6 Å². The van der Waals surface area contributed by atoms with Crippen molar-refractivity contribution in [3.63, 3.8) is 0 Å². The summed E-state index contributed by atoms with van der Waals surface area (Å²) in [6.45, 7) is 1.76. The molecular weight excluding hydrogens is 250 g/mol. The first-order valence-corrected chi connectivity index (χ1v) is 7.54. The minimum atomic E-state index is -0.338. The van der Waals surface area contributed by atoms with Gasteiger partial charge in [0.2, 0.25) is 5.91 Å². The van der Waals surface area contributed by atoms with Gasteiger partial charge in [0.05, 0.1) is 0 Å². The Morgan fingerprint density at radius 3 is 2.55 bits per heavy atom. The minimum Gasteiger partial charge on any atom is -0.366 e. The summed E-state index contributed by atoms with van der Waals surface area (Å²) in [6, 6.07) is 9.19. The molecule has 0 radical (unpaired) electrons. The van der Waals surface area contributed by atoms with Crippen LogP contribution in [0.3, 0.4) is 0 Å². The molecule has 1 aromatic rings. The van der Waals surface area contributed by atoms with Gasteiger partial charge in [0.1, 0.15) is 0 Å². The van der Waals surface area contributed by atoms with Crippen molar-refractivity contribution < 1.29 is 4.79 Å². The molecule has 2 heterocycles. The molecule has 0 aliphatic carbocycles. The molecule has 0 spiro atoms. The number of hydrogen-bond acceptors (Lipinski definition) is 3. The Labute approximate surface area is 120 Å². The zero-order valence-electron chi connectivity index (χ0n) is 11.8. The molecule has 2 aliphatic heterocycles. The Kier molecular flexibility index (Phi) is 3.76. The van der Waals surface area contributed by atoms with Gasteiger partial charge in [-0.2, -0.15) is 0 Å². The Morgan fingerprint density at radius 1 is 1.25 bits per heavy atom. The monoisotopic (exact) mass is 273 g/mol. The molecule has 1 aromatic carbocycles. The quantitative estimate of drug-likeness (QED) is 0.872. The van der Waals surface area contributed by atoms with Gasteiger partial charge in [-0.05, 0) is 49.3 Å². The van der Waals surface area contributed by atoms with E-state index in [-0.39, 0.29) is 5.91 Å². The number of hydrogen-bond donors (Lipinski definition) is 2. The van der Waals surface area contributed by atoms with E-state index in [1.807, 2.05) is 12.1 Å². The molecular formula is C16H23N3O. The molecule has 4 N–H and O–H groups in total. The molecule has 2 saturated heterocycles. The van der Waals surface area contributed by atoms with E-state index in [9.17, 15) is 4.79 Å². The second kappa shape index (κ2) is 5.54. The van der Waals surface area contributed by atoms with Crippen LogP contribution in [0.5, 0.6) is 0 Å². The van der Waals surface area contributed by atoms with Crippen LogP contribution in [0.4, 0.5) is 0 Å². The highest BCUT2D eigenvalue weighted by Gasteiger charge is 2.40. The van der Waals surface area contributed by atoms with Crippen molar-refractivity contribution in [3.05, 3.63) is 35.4 Å². The lowest BCUT2D eigenvalue weighted by atomic mass is 9.84. The van der Waals surface area contributed by atoms with Crippen LogP contribution in [0.15, 0.2) is 24.3 Å². The summed E-state index contributed by atoms with van der Waals surface area (Å²) >= 11 is 0. The Hall–Kier alpha value is -1.39. The van der Waals surface area contributed by atoms with Gasteiger partial charge in [0.15, 0.2) is 0 Å². The van der Waals surface area contributed by atoms with E-state index in [0.717, 1.165) is 13.1 Å². The number of benzene rings is 1. The fraction of sp³-hybridized carbons (Fsp3) is 0.562. The lowest BCUT2D eigenvalue weighted by Crippen LogP contribution is -2.44. The van der Waals surface area contributed by atoms with Crippen LogP contribution in [0, 0.1) is 0 Å². The van der Waals surface area contributed by atoms with Crippen LogP contribution in [0.2, 0.25) is 0 Å². The molecule has 2 fully saturated rings. The Bertz CT molecular complexity index is 488. The average Bonchev–Trinajstić information content (AvgIpc) is 2.70. The van der Waals surface area contributed by atoms with Gasteiger partial charge >= 0.3 is 0 Å². The molecule has 4 nitrogen and oxygen atoms in total. The minimum absolute atomic E-state index is 0.338. The van der Waals surface area contributed by atoms with Crippen LogP contribution in [0.1, 0.15) is 47.5 Å². The molecule has 0 saturated carbocycles. The van der Waals surface area contributed by atoms with Crippen molar-refractivity contribution in [1.29, 1.82) is 0 Å². The zero-order valence-corrected chi connectivity index (χ0v) is 11.8. The summed E-state index contributed by atoms with van der Waals surface area (Å²) in [6.07, 6.45) is 4.94. The molecule has 3 atom stereocenters. The summed E-state index contributed by atoms with van der Waals surface area (Å²) in [5.74, 6) is 0.219. The second-order valence-corrected chi connectivity index (χ2v) is 6.07. The molecule has 108 valence electrons. The van der Waals surface area contributed by atoms with Crippen molar-refractivity contribution in [2.45, 2.75) is 43.7 Å². The third-order valence-electron chi connectivity index (χ3n) is 4.91. The van der Waals surface area contributed by atoms with Crippen molar-refractivity contribution in [2.75, 3.05) is 13.1 Å². The largest absolute Gasteiger partial charge is 0.366 e. The number of carbonyl (C=O) groups excluding carboxylic acids is 1. The van der Waals surface area contributed by atoms with Gasteiger partial charge < -0.3 is 11.5 Å². The normalized spacial score (nSPS) is 29.6. The molecule has 1 amide bonds. The van der Waals surface area contributed by atoms with Gasteiger partial charge in [-0.3, -0.25) is 9.69 Å². The van der Waals surface area contributed by atoms with Gasteiger partial charge in [0.25, 0.3) is 0 Å². The third-order valence-corrected chi connectivity index (χ3v) is 4.91. The number of nitrogens with zero attached hydrogens (tertiary/aromatic N) is 1. The first kappa shape index (κ1) is 13.6. The summed E-state index contributed by atoms with van der Waals surface area (Å²) in [4.78, 5) is 13.9. The van der Waals surface area contributed by atoms with E-state index < -0.39 is 0 Å². The first-order valence-electron chi connectivity index (χ1n) is 7.54. The number of amides is 1. The number of primary amides is 1. The SMILES string of the molecule is NCCN1[C@@H]2CC[C@H]1CC(c1cccc(C(N)=O)c1)C2. The molecule has 20 heavy (non-hydrogen) atoms. The fourth-order valence-electron chi connectivity index (χ4n) is 4.01. The first-order chi connectivity index (χ1) is 9.69. The highest BCUT2D eigenvalue weighted by Crippen LogP contribution is 2.42. The standard InChI is InChI=1S/C16H23N3O/c17-6-7-19-14-4-5-15(19)10-13(9-14)11-2-1-3-12(8-11)16(18)20/h1-3,8,13-15H,4-7,9-10,17H2,(H2,18,20)/t13?,14-,15+. The number of piperidine rings is 1. The van der Waals surface area contributed by atoms with Crippen LogP contribution in [0.25, 0.3) is 0 Å². The summed E-state index contributed by atoms with van der Waals surface area (Å²) in [7, 11) is 0. The smallest absolute Gasteiger partial charge is 0.248 e. The number of rotatable bonds is 4. The predicted octanol–water partition coefficient (Wildman–Crippen LogP) is 1.45. The fourth-order valence-corrected chi connectivity index (χ4v) is 4.01. The van der Waals surface area contributed by atoms with Crippen LogP contribution in [-0.2, 0) is 0 Å². The Balaban J connectivity index is 1.77. The van der Waals surface area contributed by atoms with E-state index in [4.69, 9.17) is 11.5 Å². The zero-order chi connectivity index (χ0) is 14.1. The molecule has 4 heteroatoms. The van der Waals surface area contributed by atoms with E-state index in [1.165, 1.54) is 31.2 Å². The van der Waals surface area contributed by atoms with E-state index in [1.54, 1.807) is 6.07 Å². The van der Waals surface area contributed by atoms with Gasteiger partial charge in [0, 0.05) is 30.7 Å². The lowest BCUT2D eigenvalue weighted by molar-refractivity contribution is 0.1000. The van der Waals surface area contributed by atoms with Gasteiger partial charge in [-0.15, -0.1) is 0 Å². The van der Waals surface area contributed by atoms with Crippen molar-refractivity contribution in [1.82, 2.24) is 4.90 Å². The average molecular weight is 273 g/mol. The molecule has 0 aromatic heterocycles. The highest BCUT2D eigenvalue weighted by molar-refractivity contribution is 5.92. The Morgan fingerprint density at radius 2 is 1.95 bits per heavy atom. The second-order valence-electron chi connectivity index (χ2n) is 6.07. The van der Waals surface area contributed by atoms with Gasteiger partial charge in [-0.1, -0.05) is 12.1 Å². The lowest BCUT2D eigenvalue weighted by Gasteiger charge is -2.39. The van der Waals surface area contributed by atoms with E-state index in [2.05, 4.69) is 11.0 Å². The molecule has 2 bridgehead atoms. The van der Waals surface area contributed by atoms with E-state index >= 15 is 0 Å². The van der Waals surface area contributed by atoms with Crippen molar-refractivity contribution >= 4 is 5.91 Å². The summed E-state index contributed by atoms with van der Waals surface area (Å²) < 4.78 is 0. The van der Waals surface area contributed by atoms with Crippen LogP contribution < -0.4 is 11.5 Å². The maximum Gasteiger partial charge on any atom is 0.248 e. The summed E-state index contributed by atoms with van der Waals surface area (Å²) in [5.41, 5.74) is 13.0. The van der Waals surface area contributed by atoms with Crippen molar-refractivity contribution in [3.8, 4) is 0 Å². The maximum atomic E-state index is 11.3. The highest BCUT2D eigenvalue weighted by atomic mass is 16.1. The van der Waals surface area contributed by atoms with Crippen molar-refractivity contribution in [2.24, 2.45) is 11.5 Å². The number of carbonyl (C=O) groups is 1.